The second-order valence-electron chi connectivity index (χ2n) is 5.18. The van der Waals surface area contributed by atoms with Crippen molar-refractivity contribution in [3.63, 3.8) is 0 Å². The Morgan fingerprint density at radius 3 is 2.32 bits per heavy atom. The van der Waals surface area contributed by atoms with Crippen molar-refractivity contribution < 1.29 is 19.0 Å². The Morgan fingerprint density at radius 2 is 1.68 bits per heavy atom. The molecule has 1 aromatic rings. The van der Waals surface area contributed by atoms with Crippen LogP contribution in [0.15, 0.2) is 35.4 Å². The molecule has 0 heterocycles. The molecule has 1 aromatic carbocycles. The van der Waals surface area contributed by atoms with Crippen molar-refractivity contribution in [3.05, 3.63) is 46.3 Å². The predicted octanol–water partition coefficient (Wildman–Crippen LogP) is 1.75. The smallest absolute Gasteiger partial charge is 0.137 e. The van der Waals surface area contributed by atoms with E-state index in [-0.39, 0.29) is 6.04 Å². The molecule has 1 N–H and O–H groups in total. The van der Waals surface area contributed by atoms with Crippen LogP contribution in [0.5, 0.6) is 0 Å². The first-order chi connectivity index (χ1) is 12.4. The Morgan fingerprint density at radius 1 is 1.04 bits per heavy atom. The normalized spacial score (nSPS) is 11.7. The minimum atomic E-state index is -0.204. The largest absolute Gasteiger partial charge is 0.379 e. The van der Waals surface area contributed by atoms with E-state index in [4.69, 9.17) is 19.7 Å². The van der Waals surface area contributed by atoms with Crippen LogP contribution in [0.25, 0.3) is 10.4 Å². The molecule has 0 unspecified atom stereocenters. The first-order valence-corrected chi connectivity index (χ1v) is 8.33. The number of nitrogens with zero attached hydrogens (tertiary/aromatic N) is 3. The minimum Gasteiger partial charge on any atom is -0.379 e. The van der Waals surface area contributed by atoms with Gasteiger partial charge in [0, 0.05) is 18.0 Å². The van der Waals surface area contributed by atoms with Gasteiger partial charge in [0.25, 0.3) is 0 Å². The molecule has 0 aliphatic heterocycles. The molecule has 25 heavy (non-hydrogen) atoms. The van der Waals surface area contributed by atoms with E-state index in [1.54, 1.807) is 0 Å². The highest BCUT2D eigenvalue weighted by Gasteiger charge is 2.06. The highest BCUT2D eigenvalue weighted by molar-refractivity contribution is 5.58. The number of benzene rings is 1. The van der Waals surface area contributed by atoms with Gasteiger partial charge in [-0.2, -0.15) is 0 Å². The van der Waals surface area contributed by atoms with E-state index >= 15 is 0 Å². The molecule has 0 aliphatic carbocycles. The zero-order valence-electron chi connectivity index (χ0n) is 14.4. The molecule has 0 saturated carbocycles. The average Bonchev–Trinajstić information content (AvgIpc) is 2.65. The van der Waals surface area contributed by atoms with Gasteiger partial charge < -0.3 is 24.3 Å². The van der Waals surface area contributed by atoms with Gasteiger partial charge in [0.15, 0.2) is 0 Å². The highest BCUT2D eigenvalue weighted by atomic mass is 16.5. The van der Waals surface area contributed by atoms with Crippen LogP contribution in [-0.2, 0) is 25.4 Å². The SMILES string of the molecule is [N-]=[N+]=NCCOCCOCCOCCN[C@H](C=O)Cc1ccccc1. The number of ether oxygens (including phenoxy) is 3. The van der Waals surface area contributed by atoms with Gasteiger partial charge in [-0.05, 0) is 17.5 Å². The van der Waals surface area contributed by atoms with Gasteiger partial charge in [0.2, 0.25) is 0 Å². The fourth-order valence-corrected chi connectivity index (χ4v) is 2.04. The number of nitrogens with one attached hydrogen (secondary N) is 1. The molecule has 0 spiro atoms. The monoisotopic (exact) mass is 350 g/mol. The molecule has 138 valence electrons. The van der Waals surface area contributed by atoms with Gasteiger partial charge in [-0.25, -0.2) is 0 Å². The Bertz CT molecular complexity index is 495. The first kappa shape index (κ1) is 21.1. The molecule has 8 nitrogen and oxygen atoms in total. The van der Waals surface area contributed by atoms with Gasteiger partial charge in [0.1, 0.15) is 6.29 Å². The molecule has 1 rings (SSSR count). The summed E-state index contributed by atoms with van der Waals surface area (Å²) in [6.45, 7) is 3.77. The quantitative estimate of drug-likeness (QED) is 0.161. The van der Waals surface area contributed by atoms with E-state index < -0.39 is 0 Å². The number of carbonyl (C=O) groups excluding carboxylic acids is 1. The Labute approximate surface area is 148 Å². The predicted molar refractivity (Wildman–Crippen MR) is 94.5 cm³/mol. The van der Waals surface area contributed by atoms with Crippen LogP contribution in [0.1, 0.15) is 5.56 Å². The molecular formula is C17H26N4O4. The topological polar surface area (TPSA) is 106 Å². The maximum atomic E-state index is 11.1. The Balaban J connectivity index is 1.90. The number of carbonyl (C=O) groups is 1. The first-order valence-electron chi connectivity index (χ1n) is 8.33. The molecule has 1 atom stereocenters. The standard InChI is InChI=1S/C17H26N4O4/c18-21-20-7-9-24-11-13-25-12-10-23-8-6-19-17(15-22)14-16-4-2-1-3-5-16/h1-5,15,17,19H,6-14H2/t17-/m0/s1. The van der Waals surface area contributed by atoms with Crippen molar-refractivity contribution >= 4 is 6.29 Å². The number of hydrogen-bond acceptors (Lipinski definition) is 6. The van der Waals surface area contributed by atoms with Crippen molar-refractivity contribution in [3.8, 4) is 0 Å². The molecule has 0 saturated heterocycles. The van der Waals surface area contributed by atoms with E-state index in [1.165, 1.54) is 0 Å². The van der Waals surface area contributed by atoms with E-state index in [9.17, 15) is 4.79 Å². The van der Waals surface area contributed by atoms with E-state index in [0.29, 0.717) is 59.2 Å². The fourth-order valence-electron chi connectivity index (χ4n) is 2.04. The summed E-state index contributed by atoms with van der Waals surface area (Å²) in [6.07, 6.45) is 1.60. The summed E-state index contributed by atoms with van der Waals surface area (Å²) in [5.41, 5.74) is 9.21. The van der Waals surface area contributed by atoms with Gasteiger partial charge >= 0.3 is 0 Å². The fraction of sp³-hybridized carbons (Fsp3) is 0.588. The maximum absolute atomic E-state index is 11.1. The lowest BCUT2D eigenvalue weighted by atomic mass is 10.1. The number of hydrogen-bond donors (Lipinski definition) is 1. The van der Waals surface area contributed by atoms with Crippen molar-refractivity contribution in [2.45, 2.75) is 12.5 Å². The van der Waals surface area contributed by atoms with Crippen LogP contribution in [-0.4, -0.2) is 65.1 Å². The molecular weight excluding hydrogens is 324 g/mol. The lowest BCUT2D eigenvalue weighted by Gasteiger charge is -2.13. The zero-order valence-corrected chi connectivity index (χ0v) is 14.4. The van der Waals surface area contributed by atoms with Crippen LogP contribution in [0, 0.1) is 0 Å². The maximum Gasteiger partial charge on any atom is 0.137 e. The third-order valence-electron chi connectivity index (χ3n) is 3.26. The molecule has 0 fully saturated rings. The number of rotatable bonds is 16. The Hall–Kier alpha value is -1.96. The van der Waals surface area contributed by atoms with E-state index in [0.717, 1.165) is 11.8 Å². The lowest BCUT2D eigenvalue weighted by Crippen LogP contribution is -2.35. The summed E-state index contributed by atoms with van der Waals surface area (Å²) in [5.74, 6) is 0. The van der Waals surface area contributed by atoms with E-state index in [1.807, 2.05) is 30.3 Å². The molecule has 0 amide bonds. The minimum absolute atomic E-state index is 0.204. The summed E-state index contributed by atoms with van der Waals surface area (Å²) in [4.78, 5) is 13.7. The third kappa shape index (κ3) is 12.1. The molecule has 0 radical (unpaired) electrons. The second kappa shape index (κ2) is 15.6. The Kier molecular flexibility index (Phi) is 13.1. The van der Waals surface area contributed by atoms with Crippen LogP contribution < -0.4 is 5.32 Å². The van der Waals surface area contributed by atoms with Crippen LogP contribution in [0.3, 0.4) is 0 Å². The number of aldehydes is 1. The van der Waals surface area contributed by atoms with E-state index in [2.05, 4.69) is 15.3 Å². The molecule has 0 bridgehead atoms. The average molecular weight is 350 g/mol. The van der Waals surface area contributed by atoms with Gasteiger partial charge in [-0.3, -0.25) is 0 Å². The van der Waals surface area contributed by atoms with Crippen LogP contribution >= 0.6 is 0 Å². The summed E-state index contributed by atoms with van der Waals surface area (Å²) in [5, 5.41) is 6.52. The lowest BCUT2D eigenvalue weighted by molar-refractivity contribution is -0.109. The summed E-state index contributed by atoms with van der Waals surface area (Å²) >= 11 is 0. The third-order valence-corrected chi connectivity index (χ3v) is 3.26. The molecule has 0 aromatic heterocycles. The van der Waals surface area contributed by atoms with Gasteiger partial charge in [-0.15, -0.1) is 0 Å². The molecule has 8 heteroatoms. The van der Waals surface area contributed by atoms with Crippen LogP contribution in [0.2, 0.25) is 0 Å². The number of azide groups is 1. The zero-order chi connectivity index (χ0) is 18.0. The van der Waals surface area contributed by atoms with Crippen LogP contribution in [0.4, 0.5) is 0 Å². The van der Waals surface area contributed by atoms with Gasteiger partial charge in [-0.1, -0.05) is 35.4 Å². The second-order valence-corrected chi connectivity index (χ2v) is 5.18. The van der Waals surface area contributed by atoms with Gasteiger partial charge in [0.05, 0.1) is 45.7 Å². The summed E-state index contributed by atoms with van der Waals surface area (Å²) in [6, 6.07) is 9.69. The highest BCUT2D eigenvalue weighted by Crippen LogP contribution is 2.01. The van der Waals surface area contributed by atoms with Crippen molar-refractivity contribution in [1.29, 1.82) is 0 Å². The van der Waals surface area contributed by atoms with Crippen molar-refractivity contribution in [1.82, 2.24) is 5.32 Å². The van der Waals surface area contributed by atoms with Crippen molar-refractivity contribution in [2.24, 2.45) is 5.11 Å². The summed E-state index contributed by atoms with van der Waals surface area (Å²) in [7, 11) is 0. The van der Waals surface area contributed by atoms with Crippen molar-refractivity contribution in [2.75, 3.05) is 52.7 Å². The molecule has 0 aliphatic rings. The summed E-state index contributed by atoms with van der Waals surface area (Å²) < 4.78 is 16.0.